The summed E-state index contributed by atoms with van der Waals surface area (Å²) in [5.41, 5.74) is 5.79. The first-order valence-electron chi connectivity index (χ1n) is 6.05. The first kappa shape index (κ1) is 13.7. The number of rotatable bonds is 6. The summed E-state index contributed by atoms with van der Waals surface area (Å²) in [6.07, 6.45) is 3.71. The number of nitrogens with zero attached hydrogens (tertiary/aromatic N) is 3. The monoisotopic (exact) mass is 237 g/mol. The van der Waals surface area contributed by atoms with E-state index in [1.807, 2.05) is 25.1 Å². The molecule has 0 spiro atoms. The summed E-state index contributed by atoms with van der Waals surface area (Å²) >= 11 is 0. The van der Waals surface area contributed by atoms with Gasteiger partial charge in [-0.25, -0.2) is 4.98 Å². The van der Waals surface area contributed by atoms with Crippen molar-refractivity contribution in [3.05, 3.63) is 12.3 Å². The molecule has 1 rings (SSSR count). The van der Waals surface area contributed by atoms with Crippen LogP contribution in [0.2, 0.25) is 0 Å². The van der Waals surface area contributed by atoms with Crippen LogP contribution >= 0.6 is 0 Å². The van der Waals surface area contributed by atoms with Gasteiger partial charge in [0.1, 0.15) is 5.82 Å². The third-order valence-corrected chi connectivity index (χ3v) is 3.18. The number of anilines is 2. The zero-order valence-corrected chi connectivity index (χ0v) is 11.2. The predicted molar refractivity (Wildman–Crippen MR) is 72.3 cm³/mol. The van der Waals surface area contributed by atoms with Crippen molar-refractivity contribution >= 4 is 11.8 Å². The highest BCUT2D eigenvalue weighted by Gasteiger charge is 2.24. The Morgan fingerprint density at radius 3 is 2.47 bits per heavy atom. The van der Waals surface area contributed by atoms with Crippen LogP contribution in [-0.4, -0.2) is 36.1 Å². The Labute approximate surface area is 103 Å². The van der Waals surface area contributed by atoms with Crippen LogP contribution < -0.4 is 16.0 Å². The fourth-order valence-electron chi connectivity index (χ4n) is 1.67. The van der Waals surface area contributed by atoms with E-state index in [2.05, 4.69) is 29.1 Å². The Morgan fingerprint density at radius 2 is 2.00 bits per heavy atom. The highest BCUT2D eigenvalue weighted by molar-refractivity contribution is 5.42. The molecule has 0 atom stereocenters. The van der Waals surface area contributed by atoms with Crippen molar-refractivity contribution in [2.75, 3.05) is 30.9 Å². The molecule has 1 heterocycles. The first-order chi connectivity index (χ1) is 8.06. The largest absolute Gasteiger partial charge is 0.363 e. The molecule has 0 saturated heterocycles. The maximum atomic E-state index is 5.86. The van der Waals surface area contributed by atoms with E-state index in [0.717, 1.165) is 18.7 Å². The average molecular weight is 237 g/mol. The van der Waals surface area contributed by atoms with Gasteiger partial charge in [-0.3, -0.25) is 0 Å². The zero-order chi connectivity index (χ0) is 12.9. The molecular formula is C12H23N5. The van der Waals surface area contributed by atoms with E-state index >= 15 is 0 Å². The molecule has 0 aliphatic carbocycles. The van der Waals surface area contributed by atoms with Crippen molar-refractivity contribution in [1.82, 2.24) is 9.97 Å². The Morgan fingerprint density at radius 1 is 1.35 bits per heavy atom. The fraction of sp³-hybridized carbons (Fsp3) is 0.667. The summed E-state index contributed by atoms with van der Waals surface area (Å²) < 4.78 is 0. The van der Waals surface area contributed by atoms with Crippen molar-refractivity contribution in [3.8, 4) is 0 Å². The van der Waals surface area contributed by atoms with Gasteiger partial charge in [0.05, 0.1) is 5.54 Å². The van der Waals surface area contributed by atoms with Gasteiger partial charge in [-0.15, -0.1) is 0 Å². The van der Waals surface area contributed by atoms with Crippen LogP contribution in [-0.2, 0) is 0 Å². The minimum Gasteiger partial charge on any atom is -0.363 e. The second-order valence-corrected chi connectivity index (χ2v) is 4.45. The zero-order valence-electron chi connectivity index (χ0n) is 11.2. The lowest BCUT2D eigenvalue weighted by Crippen LogP contribution is -2.44. The van der Waals surface area contributed by atoms with Gasteiger partial charge in [0.2, 0.25) is 5.95 Å². The van der Waals surface area contributed by atoms with Crippen LogP contribution in [0, 0.1) is 0 Å². The van der Waals surface area contributed by atoms with Crippen molar-refractivity contribution in [3.63, 3.8) is 0 Å². The molecule has 0 aromatic carbocycles. The Kier molecular flexibility index (Phi) is 4.69. The fourth-order valence-corrected chi connectivity index (χ4v) is 1.67. The van der Waals surface area contributed by atoms with E-state index in [9.17, 15) is 0 Å². The molecule has 0 unspecified atom stereocenters. The minimum atomic E-state index is -0.0715. The van der Waals surface area contributed by atoms with Crippen molar-refractivity contribution in [1.29, 1.82) is 0 Å². The predicted octanol–water partition coefficient (Wildman–Crippen LogP) is 1.47. The Balaban J connectivity index is 2.90. The van der Waals surface area contributed by atoms with E-state index in [-0.39, 0.29) is 5.54 Å². The second kappa shape index (κ2) is 5.82. The molecule has 1 aromatic heterocycles. The standard InChI is InChI=1S/C12H23N5/c1-5-12(6-2,9-13)16-10-7-8-14-11(15-10)17(3)4/h7-8H,5-6,9,13H2,1-4H3,(H,14,15,16). The second-order valence-electron chi connectivity index (χ2n) is 4.45. The highest BCUT2D eigenvalue weighted by atomic mass is 15.2. The first-order valence-corrected chi connectivity index (χ1v) is 6.05. The average Bonchev–Trinajstić information content (AvgIpc) is 2.36. The third-order valence-electron chi connectivity index (χ3n) is 3.18. The maximum Gasteiger partial charge on any atom is 0.226 e. The van der Waals surface area contributed by atoms with Gasteiger partial charge in [-0.2, -0.15) is 4.98 Å². The lowest BCUT2D eigenvalue weighted by atomic mass is 9.93. The van der Waals surface area contributed by atoms with Crippen LogP contribution in [0.4, 0.5) is 11.8 Å². The number of hydrogen-bond acceptors (Lipinski definition) is 5. The molecule has 17 heavy (non-hydrogen) atoms. The lowest BCUT2D eigenvalue weighted by Gasteiger charge is -2.32. The Bertz CT molecular complexity index is 338. The smallest absolute Gasteiger partial charge is 0.226 e. The number of aromatic nitrogens is 2. The van der Waals surface area contributed by atoms with Crippen molar-refractivity contribution in [2.24, 2.45) is 5.73 Å². The maximum absolute atomic E-state index is 5.86. The van der Waals surface area contributed by atoms with E-state index in [0.29, 0.717) is 12.5 Å². The molecule has 0 bridgehead atoms. The summed E-state index contributed by atoms with van der Waals surface area (Å²) in [7, 11) is 3.85. The van der Waals surface area contributed by atoms with Gasteiger partial charge in [0.25, 0.3) is 0 Å². The van der Waals surface area contributed by atoms with Crippen LogP contribution in [0.5, 0.6) is 0 Å². The summed E-state index contributed by atoms with van der Waals surface area (Å²) in [6.45, 7) is 4.87. The molecule has 96 valence electrons. The molecule has 0 aliphatic rings. The lowest BCUT2D eigenvalue weighted by molar-refractivity contribution is 0.443. The summed E-state index contributed by atoms with van der Waals surface area (Å²) in [6, 6.07) is 1.88. The van der Waals surface area contributed by atoms with Gasteiger partial charge >= 0.3 is 0 Å². The van der Waals surface area contributed by atoms with Gasteiger partial charge < -0.3 is 16.0 Å². The van der Waals surface area contributed by atoms with E-state index in [1.165, 1.54) is 0 Å². The Hall–Kier alpha value is -1.36. The van der Waals surface area contributed by atoms with Crippen molar-refractivity contribution < 1.29 is 0 Å². The van der Waals surface area contributed by atoms with E-state index < -0.39 is 0 Å². The van der Waals surface area contributed by atoms with Gasteiger partial charge in [-0.05, 0) is 18.9 Å². The molecule has 0 fully saturated rings. The molecule has 5 heteroatoms. The molecular weight excluding hydrogens is 214 g/mol. The van der Waals surface area contributed by atoms with E-state index in [1.54, 1.807) is 6.20 Å². The quantitative estimate of drug-likeness (QED) is 0.784. The molecule has 1 aromatic rings. The number of nitrogens with two attached hydrogens (primary N) is 1. The molecule has 0 saturated carbocycles. The summed E-state index contributed by atoms with van der Waals surface area (Å²) in [4.78, 5) is 10.5. The van der Waals surface area contributed by atoms with Gasteiger partial charge in [0, 0.05) is 26.8 Å². The molecule has 3 N–H and O–H groups in total. The summed E-state index contributed by atoms with van der Waals surface area (Å²) in [5.74, 6) is 1.53. The normalized spacial score (nSPS) is 11.4. The summed E-state index contributed by atoms with van der Waals surface area (Å²) in [5, 5.41) is 3.43. The van der Waals surface area contributed by atoms with Crippen LogP contribution in [0.1, 0.15) is 26.7 Å². The molecule has 5 nitrogen and oxygen atoms in total. The number of nitrogens with one attached hydrogen (secondary N) is 1. The van der Waals surface area contributed by atoms with Crippen LogP contribution in [0.15, 0.2) is 12.3 Å². The molecule has 0 aliphatic heterocycles. The van der Waals surface area contributed by atoms with Crippen LogP contribution in [0.25, 0.3) is 0 Å². The van der Waals surface area contributed by atoms with E-state index in [4.69, 9.17) is 5.73 Å². The molecule has 0 radical (unpaired) electrons. The molecule has 0 amide bonds. The topological polar surface area (TPSA) is 67.1 Å². The SMILES string of the molecule is CCC(CC)(CN)Nc1ccnc(N(C)C)n1. The van der Waals surface area contributed by atoms with Gasteiger partial charge in [-0.1, -0.05) is 13.8 Å². The highest BCUT2D eigenvalue weighted by Crippen LogP contribution is 2.20. The van der Waals surface area contributed by atoms with Crippen LogP contribution in [0.3, 0.4) is 0 Å². The van der Waals surface area contributed by atoms with Gasteiger partial charge in [0.15, 0.2) is 0 Å². The number of hydrogen-bond donors (Lipinski definition) is 2. The third kappa shape index (κ3) is 3.30. The van der Waals surface area contributed by atoms with Crippen molar-refractivity contribution in [2.45, 2.75) is 32.2 Å². The minimum absolute atomic E-state index is 0.0715.